The fraction of sp³-hybridized carbons (Fsp3) is 0.500. The van der Waals surface area contributed by atoms with Crippen molar-refractivity contribution >= 4 is 5.97 Å². The summed E-state index contributed by atoms with van der Waals surface area (Å²) in [6, 6.07) is 7.08. The third-order valence-electron chi connectivity index (χ3n) is 2.67. The Hall–Kier alpha value is -1.75. The molecule has 2 N–H and O–H groups in total. The van der Waals surface area contributed by atoms with E-state index in [-0.39, 0.29) is 12.6 Å². The van der Waals surface area contributed by atoms with Gasteiger partial charge in [0.05, 0.1) is 7.11 Å². The highest BCUT2D eigenvalue weighted by Gasteiger charge is 2.34. The average molecular weight is 267 g/mol. The van der Waals surface area contributed by atoms with Crippen molar-refractivity contribution in [2.75, 3.05) is 13.7 Å². The number of hydrogen-bond donors (Lipinski definition) is 2. The molecule has 0 amide bonds. The third-order valence-corrected chi connectivity index (χ3v) is 2.67. The zero-order valence-corrected chi connectivity index (χ0v) is 11.8. The van der Waals surface area contributed by atoms with Crippen LogP contribution in [-0.4, -0.2) is 36.4 Å². The molecule has 0 aromatic heterocycles. The number of hydrogen-bond acceptors (Lipinski definition) is 4. The first-order valence-corrected chi connectivity index (χ1v) is 6.15. The molecule has 1 aromatic rings. The van der Waals surface area contributed by atoms with Crippen molar-refractivity contribution in [3.05, 3.63) is 24.3 Å². The fourth-order valence-electron chi connectivity index (χ4n) is 1.70. The van der Waals surface area contributed by atoms with Gasteiger partial charge in [0.25, 0.3) is 0 Å². The lowest BCUT2D eigenvalue weighted by Crippen LogP contribution is -2.56. The Morgan fingerprint density at radius 3 is 2.26 bits per heavy atom. The zero-order valence-electron chi connectivity index (χ0n) is 11.8. The summed E-state index contributed by atoms with van der Waals surface area (Å²) in [5.41, 5.74) is -1.12. The van der Waals surface area contributed by atoms with Gasteiger partial charge in [-0.15, -0.1) is 0 Å². The smallest absolute Gasteiger partial charge is 0.327 e. The SMILES string of the molecule is COc1ccc(OCC(C)(NC(C)C)C(=O)O)cc1. The van der Waals surface area contributed by atoms with Crippen LogP contribution in [0.2, 0.25) is 0 Å². The predicted molar refractivity (Wildman–Crippen MR) is 72.8 cm³/mol. The van der Waals surface area contributed by atoms with Gasteiger partial charge >= 0.3 is 5.97 Å². The van der Waals surface area contributed by atoms with E-state index in [0.29, 0.717) is 5.75 Å². The van der Waals surface area contributed by atoms with E-state index in [0.717, 1.165) is 5.75 Å². The Morgan fingerprint density at radius 1 is 1.32 bits per heavy atom. The number of carboxylic acids is 1. The van der Waals surface area contributed by atoms with E-state index in [1.165, 1.54) is 0 Å². The Balaban J connectivity index is 2.67. The molecule has 1 aromatic carbocycles. The number of carbonyl (C=O) groups is 1. The number of benzene rings is 1. The molecule has 1 unspecified atom stereocenters. The summed E-state index contributed by atoms with van der Waals surface area (Å²) in [7, 11) is 1.59. The van der Waals surface area contributed by atoms with Gasteiger partial charge in [0.2, 0.25) is 0 Å². The Morgan fingerprint density at radius 2 is 1.84 bits per heavy atom. The zero-order chi connectivity index (χ0) is 14.5. The summed E-state index contributed by atoms with van der Waals surface area (Å²) in [6.45, 7) is 5.45. The molecule has 1 atom stereocenters. The highest BCUT2D eigenvalue weighted by molar-refractivity contribution is 5.78. The molecule has 0 radical (unpaired) electrons. The first-order chi connectivity index (χ1) is 8.87. The van der Waals surface area contributed by atoms with Crippen LogP contribution in [0.5, 0.6) is 11.5 Å². The molecule has 0 saturated heterocycles. The number of methoxy groups -OCH3 is 1. The van der Waals surface area contributed by atoms with Gasteiger partial charge in [-0.25, -0.2) is 0 Å². The summed E-state index contributed by atoms with van der Waals surface area (Å²) >= 11 is 0. The van der Waals surface area contributed by atoms with Crippen LogP contribution >= 0.6 is 0 Å². The van der Waals surface area contributed by atoms with Crippen molar-refractivity contribution in [1.29, 1.82) is 0 Å². The van der Waals surface area contributed by atoms with Crippen LogP contribution in [0.3, 0.4) is 0 Å². The summed E-state index contributed by atoms with van der Waals surface area (Å²) in [5, 5.41) is 12.3. The summed E-state index contributed by atoms with van der Waals surface area (Å²) in [4.78, 5) is 11.3. The molecule has 0 aliphatic rings. The fourth-order valence-corrected chi connectivity index (χ4v) is 1.70. The van der Waals surface area contributed by atoms with Crippen molar-refractivity contribution in [1.82, 2.24) is 5.32 Å². The van der Waals surface area contributed by atoms with Gasteiger partial charge in [-0.1, -0.05) is 0 Å². The maximum absolute atomic E-state index is 11.3. The van der Waals surface area contributed by atoms with Gasteiger partial charge in [-0.3, -0.25) is 10.1 Å². The molecule has 5 heteroatoms. The van der Waals surface area contributed by atoms with Gasteiger partial charge in [-0.2, -0.15) is 0 Å². The van der Waals surface area contributed by atoms with Crippen LogP contribution in [-0.2, 0) is 4.79 Å². The molecule has 106 valence electrons. The molecule has 0 aliphatic heterocycles. The van der Waals surface area contributed by atoms with E-state index in [1.54, 1.807) is 38.3 Å². The lowest BCUT2D eigenvalue weighted by atomic mass is 10.0. The highest BCUT2D eigenvalue weighted by atomic mass is 16.5. The van der Waals surface area contributed by atoms with Crippen molar-refractivity contribution in [3.8, 4) is 11.5 Å². The topological polar surface area (TPSA) is 67.8 Å². The van der Waals surface area contributed by atoms with E-state index >= 15 is 0 Å². The number of aliphatic carboxylic acids is 1. The molecule has 0 fully saturated rings. The molecule has 0 saturated carbocycles. The monoisotopic (exact) mass is 267 g/mol. The van der Waals surface area contributed by atoms with Gasteiger partial charge in [0, 0.05) is 6.04 Å². The summed E-state index contributed by atoms with van der Waals surface area (Å²) in [5.74, 6) is 0.405. The van der Waals surface area contributed by atoms with Crippen LogP contribution in [0, 0.1) is 0 Å². The maximum Gasteiger partial charge on any atom is 0.327 e. The molecule has 0 spiro atoms. The minimum Gasteiger partial charge on any atom is -0.497 e. The van der Waals surface area contributed by atoms with Crippen molar-refractivity contribution in [3.63, 3.8) is 0 Å². The number of carboxylic acid groups (broad SMARTS) is 1. The van der Waals surface area contributed by atoms with E-state index in [2.05, 4.69) is 5.32 Å². The normalized spacial score (nSPS) is 13.9. The minimum absolute atomic E-state index is 0.0485. The molecule has 0 heterocycles. The van der Waals surface area contributed by atoms with E-state index in [4.69, 9.17) is 9.47 Å². The van der Waals surface area contributed by atoms with Crippen LogP contribution in [0.25, 0.3) is 0 Å². The van der Waals surface area contributed by atoms with Crippen LogP contribution in [0.15, 0.2) is 24.3 Å². The standard InChI is InChI=1S/C14H21NO4/c1-10(2)15-14(3,13(16)17)9-19-12-7-5-11(18-4)6-8-12/h5-8,10,15H,9H2,1-4H3,(H,16,17). The van der Waals surface area contributed by atoms with Crippen molar-refractivity contribution < 1.29 is 19.4 Å². The molecule has 1 rings (SSSR count). The van der Waals surface area contributed by atoms with Crippen LogP contribution in [0.4, 0.5) is 0 Å². The first kappa shape index (κ1) is 15.3. The van der Waals surface area contributed by atoms with Gasteiger partial charge < -0.3 is 14.6 Å². The summed E-state index contributed by atoms with van der Waals surface area (Å²) in [6.07, 6.45) is 0. The largest absolute Gasteiger partial charge is 0.497 e. The predicted octanol–water partition coefficient (Wildman–Crippen LogP) is 1.92. The van der Waals surface area contributed by atoms with Crippen molar-refractivity contribution in [2.45, 2.75) is 32.4 Å². The second-order valence-electron chi connectivity index (χ2n) is 4.90. The van der Waals surface area contributed by atoms with E-state index in [9.17, 15) is 9.90 Å². The van der Waals surface area contributed by atoms with E-state index < -0.39 is 11.5 Å². The lowest BCUT2D eigenvalue weighted by molar-refractivity contribution is -0.145. The maximum atomic E-state index is 11.3. The number of nitrogens with one attached hydrogen (secondary N) is 1. The molecular formula is C14H21NO4. The van der Waals surface area contributed by atoms with Gasteiger partial charge in [-0.05, 0) is 45.0 Å². The molecule has 0 bridgehead atoms. The molecule has 0 aliphatic carbocycles. The minimum atomic E-state index is -1.12. The lowest BCUT2D eigenvalue weighted by Gasteiger charge is -2.28. The third kappa shape index (κ3) is 4.44. The first-order valence-electron chi connectivity index (χ1n) is 6.15. The van der Waals surface area contributed by atoms with Crippen molar-refractivity contribution in [2.24, 2.45) is 0 Å². The van der Waals surface area contributed by atoms with Crippen LogP contribution < -0.4 is 14.8 Å². The molecule has 5 nitrogen and oxygen atoms in total. The second-order valence-corrected chi connectivity index (χ2v) is 4.90. The van der Waals surface area contributed by atoms with Gasteiger partial charge in [0.1, 0.15) is 23.6 Å². The Bertz CT molecular complexity index is 416. The number of rotatable bonds is 7. The molecular weight excluding hydrogens is 246 g/mol. The molecule has 19 heavy (non-hydrogen) atoms. The second kappa shape index (κ2) is 6.43. The highest BCUT2D eigenvalue weighted by Crippen LogP contribution is 2.18. The summed E-state index contributed by atoms with van der Waals surface area (Å²) < 4.78 is 10.6. The Labute approximate surface area is 113 Å². The number of ether oxygens (including phenoxy) is 2. The quantitative estimate of drug-likeness (QED) is 0.790. The van der Waals surface area contributed by atoms with E-state index in [1.807, 2.05) is 13.8 Å². The van der Waals surface area contributed by atoms with Gasteiger partial charge in [0.15, 0.2) is 0 Å². The van der Waals surface area contributed by atoms with Crippen LogP contribution in [0.1, 0.15) is 20.8 Å². The Kier molecular flexibility index (Phi) is 5.18. The average Bonchev–Trinajstić information content (AvgIpc) is 2.36.